The van der Waals surface area contributed by atoms with Crippen molar-refractivity contribution in [1.29, 1.82) is 0 Å². The molecule has 0 saturated heterocycles. The SMILES string of the molecule is CCc1ccc(C(=O)C(C)OC(=O)c2cccc(-n3cnnn3)c2)cc1. The summed E-state index contributed by atoms with van der Waals surface area (Å²) in [6, 6.07) is 14.0. The quantitative estimate of drug-likeness (QED) is 0.502. The maximum atomic E-state index is 12.5. The number of hydrogen-bond donors (Lipinski definition) is 0. The van der Waals surface area contributed by atoms with E-state index in [1.807, 2.05) is 19.1 Å². The van der Waals surface area contributed by atoms with Crippen molar-refractivity contribution in [2.24, 2.45) is 0 Å². The van der Waals surface area contributed by atoms with E-state index in [0.29, 0.717) is 16.8 Å². The summed E-state index contributed by atoms with van der Waals surface area (Å²) in [7, 11) is 0. The second kappa shape index (κ2) is 7.69. The van der Waals surface area contributed by atoms with Crippen molar-refractivity contribution < 1.29 is 14.3 Å². The van der Waals surface area contributed by atoms with Crippen molar-refractivity contribution in [3.8, 4) is 5.69 Å². The molecule has 0 radical (unpaired) electrons. The number of hydrogen-bond acceptors (Lipinski definition) is 6. The molecule has 132 valence electrons. The van der Waals surface area contributed by atoms with E-state index in [0.717, 1.165) is 12.0 Å². The summed E-state index contributed by atoms with van der Waals surface area (Å²) in [5.74, 6) is -0.816. The normalized spacial score (nSPS) is 11.8. The van der Waals surface area contributed by atoms with Crippen LogP contribution in [0.3, 0.4) is 0 Å². The van der Waals surface area contributed by atoms with Gasteiger partial charge in [-0.3, -0.25) is 4.79 Å². The molecule has 3 aromatic rings. The summed E-state index contributed by atoms with van der Waals surface area (Å²) in [6.45, 7) is 3.61. The number of esters is 1. The van der Waals surface area contributed by atoms with E-state index in [4.69, 9.17) is 4.74 Å². The fourth-order valence-corrected chi connectivity index (χ4v) is 2.48. The monoisotopic (exact) mass is 350 g/mol. The molecule has 0 aliphatic rings. The molecule has 26 heavy (non-hydrogen) atoms. The Kier molecular flexibility index (Phi) is 5.17. The standard InChI is InChI=1S/C19H18N4O3/c1-3-14-7-9-15(10-8-14)18(24)13(2)26-19(25)16-5-4-6-17(11-16)23-12-20-21-22-23/h4-13H,3H2,1-2H3. The van der Waals surface area contributed by atoms with E-state index in [2.05, 4.69) is 15.5 Å². The van der Waals surface area contributed by atoms with Gasteiger partial charge in [0.25, 0.3) is 0 Å². The van der Waals surface area contributed by atoms with Crippen LogP contribution in [0.4, 0.5) is 0 Å². The van der Waals surface area contributed by atoms with Crippen molar-refractivity contribution in [3.63, 3.8) is 0 Å². The lowest BCUT2D eigenvalue weighted by Gasteiger charge is -2.13. The maximum Gasteiger partial charge on any atom is 0.338 e. The zero-order chi connectivity index (χ0) is 18.5. The molecule has 7 nitrogen and oxygen atoms in total. The van der Waals surface area contributed by atoms with E-state index < -0.39 is 12.1 Å². The smallest absolute Gasteiger partial charge is 0.338 e. The highest BCUT2D eigenvalue weighted by Gasteiger charge is 2.20. The molecule has 1 heterocycles. The zero-order valence-corrected chi connectivity index (χ0v) is 14.5. The molecule has 1 atom stereocenters. The zero-order valence-electron chi connectivity index (χ0n) is 14.5. The van der Waals surface area contributed by atoms with Gasteiger partial charge in [0.2, 0.25) is 5.78 Å². The van der Waals surface area contributed by atoms with Crippen molar-refractivity contribution in [2.45, 2.75) is 26.4 Å². The number of benzene rings is 2. The largest absolute Gasteiger partial charge is 0.451 e. The molecule has 0 aliphatic carbocycles. The van der Waals surface area contributed by atoms with Crippen LogP contribution in [0.15, 0.2) is 54.9 Å². The van der Waals surface area contributed by atoms with Crippen LogP contribution >= 0.6 is 0 Å². The maximum absolute atomic E-state index is 12.5. The number of Topliss-reactive ketones (excluding diaryl/α,β-unsaturated/α-hetero) is 1. The van der Waals surface area contributed by atoms with Crippen LogP contribution in [-0.2, 0) is 11.2 Å². The van der Waals surface area contributed by atoms with Crippen LogP contribution < -0.4 is 0 Å². The van der Waals surface area contributed by atoms with Crippen LogP contribution in [0.2, 0.25) is 0 Å². The third kappa shape index (κ3) is 3.83. The van der Waals surface area contributed by atoms with Gasteiger partial charge in [-0.2, -0.15) is 0 Å². The minimum atomic E-state index is -0.883. The van der Waals surface area contributed by atoms with Crippen molar-refractivity contribution in [3.05, 3.63) is 71.5 Å². The fourth-order valence-electron chi connectivity index (χ4n) is 2.48. The molecule has 0 spiro atoms. The average molecular weight is 350 g/mol. The Morgan fingerprint density at radius 3 is 2.54 bits per heavy atom. The minimum absolute atomic E-state index is 0.238. The molecule has 0 N–H and O–H groups in total. The minimum Gasteiger partial charge on any atom is -0.451 e. The number of aromatic nitrogens is 4. The van der Waals surface area contributed by atoms with Gasteiger partial charge < -0.3 is 4.74 Å². The molecule has 0 amide bonds. The summed E-state index contributed by atoms with van der Waals surface area (Å²) < 4.78 is 6.76. The van der Waals surface area contributed by atoms with Gasteiger partial charge in [0.15, 0.2) is 6.10 Å². The van der Waals surface area contributed by atoms with E-state index in [-0.39, 0.29) is 5.78 Å². The van der Waals surface area contributed by atoms with Crippen LogP contribution in [0.25, 0.3) is 5.69 Å². The van der Waals surface area contributed by atoms with Gasteiger partial charge in [0.1, 0.15) is 6.33 Å². The summed E-state index contributed by atoms with van der Waals surface area (Å²) in [5.41, 5.74) is 2.60. The second-order valence-corrected chi connectivity index (χ2v) is 5.77. The topological polar surface area (TPSA) is 87.0 Å². The molecule has 1 unspecified atom stereocenters. The summed E-state index contributed by atoms with van der Waals surface area (Å²) in [5, 5.41) is 10.9. The third-order valence-corrected chi connectivity index (χ3v) is 4.00. The predicted molar refractivity (Wildman–Crippen MR) is 94.2 cm³/mol. The highest BCUT2D eigenvalue weighted by Crippen LogP contribution is 2.14. The molecular weight excluding hydrogens is 332 g/mol. The first-order valence-corrected chi connectivity index (χ1v) is 8.26. The van der Waals surface area contributed by atoms with Gasteiger partial charge in [0.05, 0.1) is 11.3 Å². The van der Waals surface area contributed by atoms with Crippen molar-refractivity contribution in [2.75, 3.05) is 0 Å². The number of ether oxygens (including phenoxy) is 1. The van der Waals surface area contributed by atoms with Gasteiger partial charge in [-0.1, -0.05) is 37.3 Å². The van der Waals surface area contributed by atoms with Crippen LogP contribution in [0.5, 0.6) is 0 Å². The number of carbonyl (C=O) groups excluding carboxylic acids is 2. The second-order valence-electron chi connectivity index (χ2n) is 5.77. The average Bonchev–Trinajstić information content (AvgIpc) is 3.22. The highest BCUT2D eigenvalue weighted by atomic mass is 16.5. The Bertz CT molecular complexity index is 905. The summed E-state index contributed by atoms with van der Waals surface area (Å²) >= 11 is 0. The van der Waals surface area contributed by atoms with E-state index in [1.165, 1.54) is 11.0 Å². The Hall–Kier alpha value is -3.35. The number of ketones is 1. The van der Waals surface area contributed by atoms with Crippen LogP contribution in [-0.4, -0.2) is 38.1 Å². The van der Waals surface area contributed by atoms with E-state index >= 15 is 0 Å². The van der Waals surface area contributed by atoms with Gasteiger partial charge in [0, 0.05) is 5.56 Å². The predicted octanol–water partition coefficient (Wildman–Crippen LogP) is 2.65. The van der Waals surface area contributed by atoms with Gasteiger partial charge in [-0.05, 0) is 47.5 Å². The molecule has 0 aliphatic heterocycles. The molecule has 0 bridgehead atoms. The molecule has 2 aromatic carbocycles. The third-order valence-electron chi connectivity index (χ3n) is 4.00. The molecule has 1 aromatic heterocycles. The molecule has 0 saturated carbocycles. The molecule has 0 fully saturated rings. The van der Waals surface area contributed by atoms with E-state index in [9.17, 15) is 9.59 Å². The van der Waals surface area contributed by atoms with Crippen molar-refractivity contribution >= 4 is 11.8 Å². The van der Waals surface area contributed by atoms with Crippen LogP contribution in [0, 0.1) is 0 Å². The van der Waals surface area contributed by atoms with Gasteiger partial charge in [-0.15, -0.1) is 5.10 Å². The number of tetrazole rings is 1. The molecule has 7 heteroatoms. The lowest BCUT2D eigenvalue weighted by molar-refractivity contribution is 0.0319. The number of nitrogens with zero attached hydrogens (tertiary/aromatic N) is 4. The van der Waals surface area contributed by atoms with Crippen LogP contribution in [0.1, 0.15) is 40.1 Å². The number of carbonyl (C=O) groups is 2. The Labute approximate surface area is 150 Å². The highest BCUT2D eigenvalue weighted by molar-refractivity contribution is 6.01. The van der Waals surface area contributed by atoms with Gasteiger partial charge in [-0.25, -0.2) is 9.48 Å². The summed E-state index contributed by atoms with van der Waals surface area (Å²) in [4.78, 5) is 24.8. The number of aryl methyl sites for hydroxylation is 1. The lowest BCUT2D eigenvalue weighted by Crippen LogP contribution is -2.24. The Morgan fingerprint density at radius 1 is 1.12 bits per heavy atom. The first-order valence-electron chi connectivity index (χ1n) is 8.26. The van der Waals surface area contributed by atoms with Crippen molar-refractivity contribution in [1.82, 2.24) is 20.2 Å². The summed E-state index contributed by atoms with van der Waals surface area (Å²) in [6.07, 6.45) is 1.44. The first kappa shape index (κ1) is 17.5. The molecule has 3 rings (SSSR count). The molecular formula is C19H18N4O3. The Balaban J connectivity index is 1.70. The first-order chi connectivity index (χ1) is 12.6. The van der Waals surface area contributed by atoms with Gasteiger partial charge >= 0.3 is 5.97 Å². The Morgan fingerprint density at radius 2 is 1.88 bits per heavy atom. The lowest BCUT2D eigenvalue weighted by atomic mass is 10.0. The number of rotatable bonds is 6. The van der Waals surface area contributed by atoms with E-state index in [1.54, 1.807) is 43.3 Å². The fraction of sp³-hybridized carbons (Fsp3) is 0.211.